The number of piperidine rings is 2. The predicted octanol–water partition coefficient (Wildman–Crippen LogP) is 1.33. The lowest BCUT2D eigenvalue weighted by Gasteiger charge is -2.47. The topological polar surface area (TPSA) is 95.6 Å². The molecule has 2 aromatic rings. The molecule has 8 heteroatoms. The molecule has 27 heavy (non-hydrogen) atoms. The number of hydrogen-bond acceptors (Lipinski definition) is 7. The van der Waals surface area contributed by atoms with Crippen LogP contribution < -0.4 is 0 Å². The maximum absolute atomic E-state index is 12.0. The highest BCUT2D eigenvalue weighted by Gasteiger charge is 2.40. The first kappa shape index (κ1) is 18.1. The molecule has 8 nitrogen and oxygen atoms in total. The van der Waals surface area contributed by atoms with E-state index in [4.69, 9.17) is 4.42 Å². The molecule has 0 atom stereocenters. The number of carbonyl (C=O) groups is 1. The third-order valence-corrected chi connectivity index (χ3v) is 5.77. The van der Waals surface area contributed by atoms with Gasteiger partial charge in [0.2, 0.25) is 17.7 Å². The summed E-state index contributed by atoms with van der Waals surface area (Å²) in [6, 6.07) is 3.75. The Bertz CT molecular complexity index is 771. The van der Waals surface area contributed by atoms with Crippen molar-refractivity contribution in [3.05, 3.63) is 30.4 Å². The summed E-state index contributed by atoms with van der Waals surface area (Å²) in [6.07, 6.45) is 7.07. The van der Waals surface area contributed by atoms with Gasteiger partial charge in [0.1, 0.15) is 0 Å². The summed E-state index contributed by atoms with van der Waals surface area (Å²) in [5.74, 6) is 1.29. The first-order valence-corrected chi connectivity index (χ1v) is 9.51. The van der Waals surface area contributed by atoms with Crippen molar-refractivity contribution in [3.8, 4) is 11.5 Å². The summed E-state index contributed by atoms with van der Waals surface area (Å²) in [5, 5.41) is 17.5. The minimum Gasteiger partial charge on any atom is -0.419 e. The molecule has 0 saturated carbocycles. The summed E-state index contributed by atoms with van der Waals surface area (Å²) in [5.41, 5.74) is 1.01. The summed E-state index contributed by atoms with van der Waals surface area (Å²) in [7, 11) is 0. The molecule has 0 unspecified atom stereocenters. The standard InChI is InChI=1S/C19H25N5O3/c25-11-10-24-14-19(4-3-17(24)26)5-8-23(9-6-19)13-16-21-22-18(27-16)15-2-1-7-20-12-15/h1-2,7,12,25H,3-6,8-11,13-14H2. The molecule has 2 aliphatic heterocycles. The van der Waals surface area contributed by atoms with Crippen molar-refractivity contribution in [2.75, 3.05) is 32.8 Å². The van der Waals surface area contributed by atoms with E-state index >= 15 is 0 Å². The molecule has 2 saturated heterocycles. The van der Waals surface area contributed by atoms with Crippen molar-refractivity contribution in [3.63, 3.8) is 0 Å². The van der Waals surface area contributed by atoms with E-state index in [0.29, 0.717) is 31.3 Å². The number of pyridine rings is 1. The molecule has 0 radical (unpaired) electrons. The minimum absolute atomic E-state index is 0.0321. The molecule has 1 amide bonds. The molecule has 2 aliphatic rings. The van der Waals surface area contributed by atoms with E-state index in [9.17, 15) is 9.90 Å². The highest BCUT2D eigenvalue weighted by atomic mass is 16.4. The van der Waals surface area contributed by atoms with E-state index in [2.05, 4.69) is 20.1 Å². The average Bonchev–Trinajstić information content (AvgIpc) is 3.16. The normalized spacial score (nSPS) is 20.3. The third kappa shape index (κ3) is 4.01. The zero-order chi connectivity index (χ0) is 18.7. The van der Waals surface area contributed by atoms with Crippen LogP contribution in [0.4, 0.5) is 0 Å². The smallest absolute Gasteiger partial charge is 0.249 e. The van der Waals surface area contributed by atoms with Crippen LogP contribution in [-0.2, 0) is 11.3 Å². The van der Waals surface area contributed by atoms with Crippen molar-refractivity contribution >= 4 is 5.91 Å². The molecular weight excluding hydrogens is 346 g/mol. The van der Waals surface area contributed by atoms with Gasteiger partial charge in [0.15, 0.2) is 0 Å². The van der Waals surface area contributed by atoms with Crippen molar-refractivity contribution in [2.24, 2.45) is 5.41 Å². The lowest BCUT2D eigenvalue weighted by Crippen LogP contribution is -2.51. The zero-order valence-electron chi connectivity index (χ0n) is 15.4. The summed E-state index contributed by atoms with van der Waals surface area (Å²) < 4.78 is 5.79. The first-order chi connectivity index (χ1) is 13.2. The molecular formula is C19H25N5O3. The number of aromatic nitrogens is 3. The quantitative estimate of drug-likeness (QED) is 0.847. The Balaban J connectivity index is 1.33. The van der Waals surface area contributed by atoms with Gasteiger partial charge in [0.05, 0.1) is 18.7 Å². The van der Waals surface area contributed by atoms with Gasteiger partial charge in [-0.3, -0.25) is 14.7 Å². The Kier molecular flexibility index (Phi) is 5.18. The Morgan fingerprint density at radius 1 is 1.22 bits per heavy atom. The zero-order valence-corrected chi connectivity index (χ0v) is 15.4. The Hall–Kier alpha value is -2.32. The third-order valence-electron chi connectivity index (χ3n) is 5.77. The maximum Gasteiger partial charge on any atom is 0.249 e. The van der Waals surface area contributed by atoms with Gasteiger partial charge >= 0.3 is 0 Å². The monoisotopic (exact) mass is 371 g/mol. The van der Waals surface area contributed by atoms with Gasteiger partial charge in [-0.1, -0.05) is 0 Å². The Morgan fingerprint density at radius 3 is 2.81 bits per heavy atom. The SMILES string of the molecule is O=C1CCC2(CCN(Cc3nnc(-c4cccnc4)o3)CC2)CN1CCO. The summed E-state index contributed by atoms with van der Waals surface area (Å²) in [6.45, 7) is 3.79. The van der Waals surface area contributed by atoms with E-state index in [1.54, 1.807) is 12.4 Å². The number of β-amino-alcohol motifs (C(OH)–C–C–N with tert-alkyl or cyclic N) is 1. The summed E-state index contributed by atoms with van der Waals surface area (Å²) in [4.78, 5) is 20.2. The second-order valence-electron chi connectivity index (χ2n) is 7.56. The number of hydrogen-bond donors (Lipinski definition) is 1. The van der Waals surface area contributed by atoms with E-state index in [1.165, 1.54) is 0 Å². The number of aliphatic hydroxyl groups excluding tert-OH is 1. The van der Waals surface area contributed by atoms with Crippen LogP contribution in [0.1, 0.15) is 31.6 Å². The molecule has 0 aliphatic carbocycles. The van der Waals surface area contributed by atoms with Crippen molar-refractivity contribution < 1.29 is 14.3 Å². The number of rotatable bonds is 5. The molecule has 0 bridgehead atoms. The number of aliphatic hydroxyl groups is 1. The molecule has 2 aromatic heterocycles. The summed E-state index contributed by atoms with van der Waals surface area (Å²) >= 11 is 0. The largest absolute Gasteiger partial charge is 0.419 e. The highest BCUT2D eigenvalue weighted by Crippen LogP contribution is 2.40. The fraction of sp³-hybridized carbons (Fsp3) is 0.579. The lowest BCUT2D eigenvalue weighted by atomic mass is 9.72. The van der Waals surface area contributed by atoms with Crippen LogP contribution in [0.25, 0.3) is 11.5 Å². The molecule has 4 heterocycles. The van der Waals surface area contributed by atoms with Crippen LogP contribution in [0.5, 0.6) is 0 Å². The number of likely N-dealkylation sites (tertiary alicyclic amines) is 2. The number of nitrogens with zero attached hydrogens (tertiary/aromatic N) is 5. The van der Waals surface area contributed by atoms with E-state index in [1.807, 2.05) is 17.0 Å². The van der Waals surface area contributed by atoms with Gasteiger partial charge in [-0.25, -0.2) is 0 Å². The molecule has 0 aromatic carbocycles. The first-order valence-electron chi connectivity index (χ1n) is 9.51. The molecule has 144 valence electrons. The van der Waals surface area contributed by atoms with Gasteiger partial charge in [0.25, 0.3) is 0 Å². The lowest BCUT2D eigenvalue weighted by molar-refractivity contribution is -0.139. The van der Waals surface area contributed by atoms with Crippen LogP contribution in [0, 0.1) is 5.41 Å². The molecule has 1 N–H and O–H groups in total. The fourth-order valence-corrected chi connectivity index (χ4v) is 4.14. The Morgan fingerprint density at radius 2 is 2.07 bits per heavy atom. The second-order valence-corrected chi connectivity index (χ2v) is 7.56. The van der Waals surface area contributed by atoms with Gasteiger partial charge in [0, 0.05) is 31.9 Å². The highest BCUT2D eigenvalue weighted by molar-refractivity contribution is 5.77. The number of carbonyl (C=O) groups excluding carboxylic acids is 1. The van der Waals surface area contributed by atoms with Crippen LogP contribution in [0.3, 0.4) is 0 Å². The van der Waals surface area contributed by atoms with Crippen molar-refractivity contribution in [2.45, 2.75) is 32.2 Å². The minimum atomic E-state index is 0.0321. The average molecular weight is 371 g/mol. The molecule has 4 rings (SSSR count). The van der Waals surface area contributed by atoms with Crippen LogP contribution in [0.15, 0.2) is 28.9 Å². The van der Waals surface area contributed by atoms with E-state index in [-0.39, 0.29) is 17.9 Å². The van der Waals surface area contributed by atoms with Crippen molar-refractivity contribution in [1.29, 1.82) is 0 Å². The fourth-order valence-electron chi connectivity index (χ4n) is 4.14. The van der Waals surface area contributed by atoms with Gasteiger partial charge in [-0.05, 0) is 49.9 Å². The second kappa shape index (κ2) is 7.74. The maximum atomic E-state index is 12.0. The van der Waals surface area contributed by atoms with Crippen LogP contribution >= 0.6 is 0 Å². The van der Waals surface area contributed by atoms with E-state index < -0.39 is 0 Å². The van der Waals surface area contributed by atoms with Crippen molar-refractivity contribution in [1.82, 2.24) is 25.0 Å². The van der Waals surface area contributed by atoms with E-state index in [0.717, 1.165) is 44.5 Å². The molecule has 2 fully saturated rings. The van der Waals surface area contributed by atoms with Gasteiger partial charge < -0.3 is 14.4 Å². The van der Waals surface area contributed by atoms with Gasteiger partial charge in [-0.15, -0.1) is 10.2 Å². The Labute approximate surface area is 158 Å². The number of amides is 1. The van der Waals surface area contributed by atoms with Gasteiger partial charge in [-0.2, -0.15) is 0 Å². The van der Waals surface area contributed by atoms with Crippen LogP contribution in [0.2, 0.25) is 0 Å². The van der Waals surface area contributed by atoms with Crippen LogP contribution in [-0.4, -0.2) is 68.8 Å². The predicted molar refractivity (Wildman–Crippen MR) is 97.4 cm³/mol. The molecule has 1 spiro atoms.